The molecule has 0 atom stereocenters. The van der Waals surface area contributed by atoms with Crippen molar-refractivity contribution in [3.63, 3.8) is 0 Å². The number of carbonyl (C=O) groups is 3. The van der Waals surface area contributed by atoms with Gasteiger partial charge in [-0.25, -0.2) is 19.7 Å². The topological polar surface area (TPSA) is 89.5 Å². The summed E-state index contributed by atoms with van der Waals surface area (Å²) in [7, 11) is 0. The van der Waals surface area contributed by atoms with Gasteiger partial charge in [0.15, 0.2) is 11.4 Å². The molecule has 0 radical (unpaired) electrons. The Balaban J connectivity index is 2.09. The largest absolute Gasteiger partial charge is 0.462 e. The van der Waals surface area contributed by atoms with Crippen molar-refractivity contribution in [2.24, 2.45) is 0 Å². The van der Waals surface area contributed by atoms with Crippen molar-refractivity contribution < 1.29 is 19.1 Å². The molecule has 0 saturated heterocycles. The Kier molecular flexibility index (Phi) is 3.38. The average Bonchev–Trinajstić information content (AvgIpc) is 2.79. The van der Waals surface area contributed by atoms with Gasteiger partial charge in [0, 0.05) is 12.4 Å². The van der Waals surface area contributed by atoms with Crippen LogP contribution in [0.4, 0.5) is 5.69 Å². The van der Waals surface area contributed by atoms with Crippen LogP contribution in [0.3, 0.4) is 0 Å². The number of para-hydroxylation sites is 1. The van der Waals surface area contributed by atoms with Crippen molar-refractivity contribution in [1.82, 2.24) is 9.97 Å². The van der Waals surface area contributed by atoms with Gasteiger partial charge in [0.2, 0.25) is 0 Å². The van der Waals surface area contributed by atoms with E-state index in [1.165, 1.54) is 24.5 Å². The van der Waals surface area contributed by atoms with E-state index in [2.05, 4.69) is 9.97 Å². The van der Waals surface area contributed by atoms with Crippen LogP contribution in [0, 0.1) is 0 Å². The lowest BCUT2D eigenvalue weighted by molar-refractivity contribution is 0.0527. The third-order valence-corrected chi connectivity index (χ3v) is 3.15. The van der Waals surface area contributed by atoms with Crippen LogP contribution in [0.2, 0.25) is 0 Å². The number of aromatic nitrogens is 2. The Hall–Kier alpha value is -3.09. The number of anilines is 1. The Morgan fingerprint density at radius 3 is 2.27 bits per heavy atom. The predicted octanol–water partition coefficient (Wildman–Crippen LogP) is 1.45. The zero-order valence-electron chi connectivity index (χ0n) is 11.6. The van der Waals surface area contributed by atoms with Crippen LogP contribution >= 0.6 is 0 Å². The van der Waals surface area contributed by atoms with Gasteiger partial charge in [-0.15, -0.1) is 0 Å². The number of benzene rings is 1. The van der Waals surface area contributed by atoms with Crippen molar-refractivity contribution in [2.45, 2.75) is 6.92 Å². The molecule has 1 aromatic carbocycles. The molecule has 2 amide bonds. The maximum absolute atomic E-state index is 12.4. The Morgan fingerprint density at radius 2 is 1.68 bits per heavy atom. The van der Waals surface area contributed by atoms with Crippen LogP contribution in [0.1, 0.15) is 38.3 Å². The molecule has 7 nitrogen and oxygen atoms in total. The van der Waals surface area contributed by atoms with Crippen LogP contribution < -0.4 is 4.90 Å². The highest BCUT2D eigenvalue weighted by Gasteiger charge is 2.40. The lowest BCUT2D eigenvalue weighted by atomic mass is 10.1. The van der Waals surface area contributed by atoms with E-state index in [1.807, 2.05) is 0 Å². The number of imide groups is 1. The van der Waals surface area contributed by atoms with E-state index in [0.717, 1.165) is 4.90 Å². The second kappa shape index (κ2) is 5.36. The van der Waals surface area contributed by atoms with Crippen molar-refractivity contribution >= 4 is 23.5 Å². The van der Waals surface area contributed by atoms with E-state index in [9.17, 15) is 14.4 Å². The molecule has 7 heteroatoms. The molecule has 0 spiro atoms. The van der Waals surface area contributed by atoms with Crippen LogP contribution in [-0.4, -0.2) is 34.4 Å². The van der Waals surface area contributed by atoms with Gasteiger partial charge in [-0.05, 0) is 19.1 Å². The first-order chi connectivity index (χ1) is 10.6. The molecule has 0 bridgehead atoms. The molecule has 3 rings (SSSR count). The van der Waals surface area contributed by atoms with Crippen molar-refractivity contribution in [3.8, 4) is 0 Å². The Labute approximate surface area is 125 Å². The number of hydrogen-bond donors (Lipinski definition) is 0. The minimum atomic E-state index is -0.607. The van der Waals surface area contributed by atoms with E-state index in [4.69, 9.17) is 4.74 Å². The molecule has 1 aromatic heterocycles. The summed E-state index contributed by atoms with van der Waals surface area (Å²) >= 11 is 0. The molecule has 110 valence electrons. The van der Waals surface area contributed by atoms with E-state index in [-0.39, 0.29) is 29.2 Å². The van der Waals surface area contributed by atoms with Crippen LogP contribution in [0.25, 0.3) is 0 Å². The molecule has 0 N–H and O–H groups in total. The van der Waals surface area contributed by atoms with Gasteiger partial charge < -0.3 is 4.74 Å². The molecular formula is C15H11N3O4. The molecule has 0 aliphatic carbocycles. The molecule has 0 fully saturated rings. The summed E-state index contributed by atoms with van der Waals surface area (Å²) in [5.41, 5.74) is 0.256. The highest BCUT2D eigenvalue weighted by Crippen LogP contribution is 2.29. The number of amides is 2. The van der Waals surface area contributed by atoms with Crippen molar-refractivity contribution in [3.05, 3.63) is 53.6 Å². The SMILES string of the molecule is CCOC(=O)c1ccccc1N1C(=O)c2nccnc2C1=O. The quantitative estimate of drug-likeness (QED) is 0.629. The average molecular weight is 297 g/mol. The second-order valence-electron chi connectivity index (χ2n) is 4.44. The molecule has 2 aromatic rings. The van der Waals surface area contributed by atoms with E-state index in [1.54, 1.807) is 19.1 Å². The van der Waals surface area contributed by atoms with Gasteiger partial charge in [0.25, 0.3) is 11.8 Å². The lowest BCUT2D eigenvalue weighted by Gasteiger charge is -2.16. The maximum atomic E-state index is 12.4. The molecule has 1 aliphatic heterocycles. The van der Waals surface area contributed by atoms with Gasteiger partial charge in [-0.2, -0.15) is 0 Å². The lowest BCUT2D eigenvalue weighted by Crippen LogP contribution is -2.31. The third kappa shape index (κ3) is 2.03. The summed E-state index contributed by atoms with van der Waals surface area (Å²) in [6.45, 7) is 1.87. The van der Waals surface area contributed by atoms with Gasteiger partial charge in [0.1, 0.15) is 0 Å². The van der Waals surface area contributed by atoms with E-state index < -0.39 is 17.8 Å². The molecule has 22 heavy (non-hydrogen) atoms. The number of rotatable bonds is 3. The monoisotopic (exact) mass is 297 g/mol. The molecule has 1 aliphatic rings. The Bertz CT molecular complexity index is 753. The standard InChI is InChI=1S/C15H11N3O4/c1-2-22-15(21)9-5-3-4-6-10(9)18-13(19)11-12(14(18)20)17-8-7-16-11/h3-8H,2H2,1H3. The first-order valence-corrected chi connectivity index (χ1v) is 6.61. The number of nitrogens with zero attached hydrogens (tertiary/aromatic N) is 3. The molecule has 0 unspecified atom stereocenters. The smallest absolute Gasteiger partial charge is 0.340 e. The maximum Gasteiger partial charge on any atom is 0.340 e. The normalized spacial score (nSPS) is 13.2. The summed E-state index contributed by atoms with van der Waals surface area (Å²) in [6.07, 6.45) is 2.68. The van der Waals surface area contributed by atoms with Gasteiger partial charge in [-0.3, -0.25) is 9.59 Å². The summed E-state index contributed by atoms with van der Waals surface area (Å²) in [5.74, 6) is -1.81. The predicted molar refractivity (Wildman–Crippen MR) is 75.6 cm³/mol. The van der Waals surface area contributed by atoms with Crippen molar-refractivity contribution in [2.75, 3.05) is 11.5 Å². The number of hydrogen-bond acceptors (Lipinski definition) is 6. The highest BCUT2D eigenvalue weighted by molar-refractivity contribution is 6.33. The molecular weight excluding hydrogens is 286 g/mol. The summed E-state index contributed by atoms with van der Waals surface area (Å²) in [4.78, 5) is 45.5. The number of esters is 1. The summed E-state index contributed by atoms with van der Waals surface area (Å²) in [6, 6.07) is 6.26. The first kappa shape index (κ1) is 13.9. The second-order valence-corrected chi connectivity index (χ2v) is 4.44. The number of ether oxygens (including phenoxy) is 1. The minimum Gasteiger partial charge on any atom is -0.462 e. The fraction of sp³-hybridized carbons (Fsp3) is 0.133. The zero-order chi connectivity index (χ0) is 15.7. The van der Waals surface area contributed by atoms with Crippen LogP contribution in [0.15, 0.2) is 36.7 Å². The highest BCUT2D eigenvalue weighted by atomic mass is 16.5. The molecule has 2 heterocycles. The Morgan fingerprint density at radius 1 is 1.09 bits per heavy atom. The number of carbonyl (C=O) groups excluding carboxylic acids is 3. The minimum absolute atomic E-state index is 0.0221. The number of fused-ring (bicyclic) bond motifs is 1. The third-order valence-electron chi connectivity index (χ3n) is 3.15. The van der Waals surface area contributed by atoms with Crippen molar-refractivity contribution in [1.29, 1.82) is 0 Å². The summed E-state index contributed by atoms with van der Waals surface area (Å²) in [5, 5.41) is 0. The fourth-order valence-corrected chi connectivity index (χ4v) is 2.22. The van der Waals surface area contributed by atoms with Crippen LogP contribution in [0.5, 0.6) is 0 Å². The van der Waals surface area contributed by atoms with Gasteiger partial charge >= 0.3 is 5.97 Å². The zero-order valence-corrected chi connectivity index (χ0v) is 11.6. The van der Waals surface area contributed by atoms with Crippen LogP contribution in [-0.2, 0) is 4.74 Å². The van der Waals surface area contributed by atoms with E-state index >= 15 is 0 Å². The van der Waals surface area contributed by atoms with E-state index in [0.29, 0.717) is 0 Å². The fourth-order valence-electron chi connectivity index (χ4n) is 2.22. The molecule has 0 saturated carbocycles. The first-order valence-electron chi connectivity index (χ1n) is 6.61. The summed E-state index contributed by atoms with van der Waals surface area (Å²) < 4.78 is 4.96. The van der Waals surface area contributed by atoms with Gasteiger partial charge in [0.05, 0.1) is 17.9 Å². The van der Waals surface area contributed by atoms with Gasteiger partial charge in [-0.1, -0.05) is 12.1 Å².